The number of quaternary nitrogens is 1. The quantitative estimate of drug-likeness (QED) is 0.0552. The highest BCUT2D eigenvalue weighted by Crippen LogP contribution is 2.47. The van der Waals surface area contributed by atoms with Crippen LogP contribution in [-0.4, -0.2) is 38.0 Å². The van der Waals surface area contributed by atoms with Crippen LogP contribution in [0.5, 0.6) is 5.75 Å². The van der Waals surface area contributed by atoms with Crippen molar-refractivity contribution in [1.82, 2.24) is 0 Å². The topological polar surface area (TPSA) is 18.5 Å². The maximum absolute atomic E-state index is 6.59. The summed E-state index contributed by atoms with van der Waals surface area (Å²) in [6.45, 7) is 15.3. The molecule has 0 aromatic heterocycles. The van der Waals surface area contributed by atoms with Crippen LogP contribution in [0.3, 0.4) is 0 Å². The Labute approximate surface area is 286 Å². The second kappa shape index (κ2) is 22.7. The molecule has 262 valence electrons. The summed E-state index contributed by atoms with van der Waals surface area (Å²) < 4.78 is 13.4. The van der Waals surface area contributed by atoms with E-state index in [1.54, 1.807) is 11.1 Å². The fourth-order valence-electron chi connectivity index (χ4n) is 7.57. The van der Waals surface area contributed by atoms with Crippen LogP contribution in [0.2, 0.25) is 0 Å². The summed E-state index contributed by atoms with van der Waals surface area (Å²) in [6, 6.07) is 19.5. The fourth-order valence-corrected chi connectivity index (χ4v) is 7.57. The van der Waals surface area contributed by atoms with Crippen LogP contribution in [-0.2, 0) is 16.7 Å². The van der Waals surface area contributed by atoms with E-state index < -0.39 is 0 Å². The highest BCUT2D eigenvalue weighted by atomic mass is 16.5. The van der Waals surface area contributed by atoms with Gasteiger partial charge in [0.15, 0.2) is 6.23 Å². The third kappa shape index (κ3) is 14.1. The smallest absolute Gasteiger partial charge is 0.190 e. The molecule has 0 bridgehead atoms. The molecule has 0 spiro atoms. The van der Waals surface area contributed by atoms with E-state index in [0.717, 1.165) is 23.1 Å². The Morgan fingerprint density at radius 2 is 1.07 bits per heavy atom. The first-order valence-electron chi connectivity index (χ1n) is 19.4. The molecule has 2 aromatic carbocycles. The Kier molecular flexibility index (Phi) is 19.9. The number of para-hydroxylation sites is 1. The van der Waals surface area contributed by atoms with Gasteiger partial charge in [-0.25, -0.2) is 0 Å². The average molecular weight is 637 g/mol. The van der Waals surface area contributed by atoms with Gasteiger partial charge in [0, 0.05) is 25.3 Å². The van der Waals surface area contributed by atoms with E-state index in [9.17, 15) is 0 Å². The number of rotatable bonds is 27. The Balaban J connectivity index is 1.99. The monoisotopic (exact) mass is 637 g/mol. The first-order valence-corrected chi connectivity index (χ1v) is 19.4. The van der Waals surface area contributed by atoms with Crippen LogP contribution in [0, 0.1) is 11.8 Å². The third-order valence-electron chi connectivity index (χ3n) is 10.3. The predicted octanol–water partition coefficient (Wildman–Crippen LogP) is 12.5. The van der Waals surface area contributed by atoms with Crippen molar-refractivity contribution in [3.8, 4) is 5.75 Å². The summed E-state index contributed by atoms with van der Waals surface area (Å²) in [7, 11) is 4.83. The van der Waals surface area contributed by atoms with Crippen LogP contribution in [0.25, 0.3) is 0 Å². The first kappa shape index (κ1) is 40.3. The zero-order valence-corrected chi connectivity index (χ0v) is 31.6. The Morgan fingerprint density at radius 1 is 0.587 bits per heavy atom. The van der Waals surface area contributed by atoms with Gasteiger partial charge in [0.1, 0.15) is 17.9 Å². The number of nitrogens with zero attached hydrogens (tertiary/aromatic N) is 1. The molecule has 1 unspecified atom stereocenters. The van der Waals surface area contributed by atoms with E-state index in [1.807, 2.05) is 30.3 Å². The third-order valence-corrected chi connectivity index (χ3v) is 10.3. The summed E-state index contributed by atoms with van der Waals surface area (Å²) >= 11 is 0. The molecule has 0 heterocycles. The number of hydrogen-bond donors (Lipinski definition) is 0. The molecule has 0 saturated carbocycles. The van der Waals surface area contributed by atoms with Crippen molar-refractivity contribution < 1.29 is 14.0 Å². The largest absolute Gasteiger partial charge is 0.491 e. The van der Waals surface area contributed by atoms with Gasteiger partial charge in [-0.15, -0.1) is 0 Å². The molecule has 0 N–H and O–H groups in total. The molecule has 0 fully saturated rings. The van der Waals surface area contributed by atoms with Crippen molar-refractivity contribution >= 4 is 0 Å². The molecule has 3 nitrogen and oxygen atoms in total. The number of unbranched alkanes of at least 4 members (excludes halogenated alkanes) is 13. The van der Waals surface area contributed by atoms with E-state index >= 15 is 0 Å². The van der Waals surface area contributed by atoms with Crippen LogP contribution in [0.1, 0.15) is 155 Å². The van der Waals surface area contributed by atoms with Crippen molar-refractivity contribution in [2.24, 2.45) is 11.8 Å². The number of aryl methyl sites for hydroxylation is 1. The van der Waals surface area contributed by atoms with E-state index in [-0.39, 0.29) is 11.8 Å². The molecule has 46 heavy (non-hydrogen) atoms. The zero-order chi connectivity index (χ0) is 33.7. The second-order valence-corrected chi connectivity index (χ2v) is 15.4. The van der Waals surface area contributed by atoms with Gasteiger partial charge in [0.25, 0.3) is 0 Å². The summed E-state index contributed by atoms with van der Waals surface area (Å²) in [5, 5.41) is 0. The SMILES string of the molecule is CCCCCCCCCCCCCCCCc1ccccc1C(CC(C)C)(CC(C)C)[N+](C)(C)C(C)OCCOc1ccccc1. The van der Waals surface area contributed by atoms with Gasteiger partial charge < -0.3 is 9.47 Å². The summed E-state index contributed by atoms with van der Waals surface area (Å²) in [4.78, 5) is 0. The van der Waals surface area contributed by atoms with E-state index in [4.69, 9.17) is 9.47 Å². The van der Waals surface area contributed by atoms with Gasteiger partial charge in [-0.1, -0.05) is 161 Å². The number of hydrogen-bond acceptors (Lipinski definition) is 2. The van der Waals surface area contributed by atoms with Gasteiger partial charge in [-0.05, 0) is 42.4 Å². The Bertz CT molecular complexity index is 1000. The van der Waals surface area contributed by atoms with Gasteiger partial charge in [-0.2, -0.15) is 0 Å². The predicted molar refractivity (Wildman–Crippen MR) is 201 cm³/mol. The van der Waals surface area contributed by atoms with E-state index in [1.165, 1.54) is 96.3 Å². The maximum Gasteiger partial charge on any atom is 0.190 e. The molecular weight excluding hydrogens is 562 g/mol. The van der Waals surface area contributed by atoms with Crippen molar-refractivity contribution in [2.45, 2.75) is 162 Å². The lowest BCUT2D eigenvalue weighted by Gasteiger charge is -2.54. The lowest BCUT2D eigenvalue weighted by atomic mass is 9.72. The first-order chi connectivity index (χ1) is 22.1. The minimum Gasteiger partial charge on any atom is -0.491 e. The highest BCUT2D eigenvalue weighted by molar-refractivity contribution is 5.33. The fraction of sp³-hybridized carbons (Fsp3) is 0.721. The van der Waals surface area contributed by atoms with Crippen molar-refractivity contribution in [2.75, 3.05) is 27.3 Å². The number of ether oxygens (including phenoxy) is 2. The summed E-state index contributed by atoms with van der Waals surface area (Å²) in [6.07, 6.45) is 23.1. The molecule has 1 atom stereocenters. The standard InChI is InChI=1S/C43H74NO2/c1-9-10-11-12-13-14-15-16-17-18-19-20-21-23-28-40-29-26-27-32-42(40)43(35-37(2)3,36-38(4)5)44(7,8)39(6)45-33-34-46-41-30-24-22-25-31-41/h22,24-27,29-32,37-39H,9-21,23,28,33-36H2,1-8H3/q+1. The molecule has 0 amide bonds. The van der Waals surface area contributed by atoms with Crippen LogP contribution in [0.15, 0.2) is 54.6 Å². The van der Waals surface area contributed by atoms with Gasteiger partial charge in [-0.3, -0.25) is 4.48 Å². The lowest BCUT2D eigenvalue weighted by molar-refractivity contribution is -0.991. The van der Waals surface area contributed by atoms with Gasteiger partial charge in [0.05, 0.1) is 20.7 Å². The second-order valence-electron chi connectivity index (χ2n) is 15.4. The highest BCUT2D eigenvalue weighted by Gasteiger charge is 2.51. The molecule has 3 heteroatoms. The maximum atomic E-state index is 6.59. The molecular formula is C43H74NO2+. The average Bonchev–Trinajstić information content (AvgIpc) is 3.03. The summed E-state index contributed by atoms with van der Waals surface area (Å²) in [5.74, 6) is 2.07. The molecule has 0 radical (unpaired) electrons. The Hall–Kier alpha value is -1.84. The van der Waals surface area contributed by atoms with Crippen molar-refractivity contribution in [3.05, 3.63) is 65.7 Å². The van der Waals surface area contributed by atoms with Gasteiger partial charge in [0.2, 0.25) is 0 Å². The lowest BCUT2D eigenvalue weighted by Crippen LogP contribution is -2.63. The summed E-state index contributed by atoms with van der Waals surface area (Å²) in [5.41, 5.74) is 3.07. The Morgan fingerprint density at radius 3 is 1.59 bits per heavy atom. The van der Waals surface area contributed by atoms with E-state index in [0.29, 0.717) is 25.0 Å². The van der Waals surface area contributed by atoms with Crippen LogP contribution >= 0.6 is 0 Å². The number of benzene rings is 2. The normalized spacial score (nSPS) is 13.1. The van der Waals surface area contributed by atoms with Crippen molar-refractivity contribution in [3.63, 3.8) is 0 Å². The minimum atomic E-state index is -0.0331. The minimum absolute atomic E-state index is 0.0331. The zero-order valence-electron chi connectivity index (χ0n) is 31.6. The molecule has 2 rings (SSSR count). The molecule has 0 aliphatic carbocycles. The molecule has 0 aliphatic heterocycles. The van der Waals surface area contributed by atoms with Crippen LogP contribution in [0.4, 0.5) is 0 Å². The molecule has 2 aromatic rings. The van der Waals surface area contributed by atoms with Gasteiger partial charge >= 0.3 is 0 Å². The van der Waals surface area contributed by atoms with E-state index in [2.05, 4.69) is 79.9 Å². The van der Waals surface area contributed by atoms with Crippen molar-refractivity contribution in [1.29, 1.82) is 0 Å². The molecule has 0 aliphatic rings. The van der Waals surface area contributed by atoms with Crippen LogP contribution < -0.4 is 4.74 Å². The molecule has 0 saturated heterocycles.